The van der Waals surface area contributed by atoms with Gasteiger partial charge in [0.05, 0.1) is 0 Å². The Bertz CT molecular complexity index is 303. The lowest BCUT2D eigenvalue weighted by molar-refractivity contribution is 0.276. The first-order valence-electron chi connectivity index (χ1n) is 5.77. The molecule has 1 fully saturated rings. The zero-order chi connectivity index (χ0) is 10.7. The second kappa shape index (κ2) is 4.67. The van der Waals surface area contributed by atoms with Crippen LogP contribution in [0.25, 0.3) is 0 Å². The highest BCUT2D eigenvalue weighted by Gasteiger charge is 2.28. The van der Waals surface area contributed by atoms with Gasteiger partial charge in [-0.1, -0.05) is 19.1 Å². The Morgan fingerprint density at radius 2 is 2.00 bits per heavy atom. The third kappa shape index (κ3) is 2.96. The molecule has 1 aromatic carbocycles. The first-order chi connectivity index (χ1) is 7.29. The standard InChI is InChI=1S/C13H19NO/c1-2-10-3-7-12(8-4-10)15-9-13(14)11-5-6-11/h3-4,7-8,11,13H,2,5-6,9,14H2,1H3/t13-/m1/s1. The fourth-order valence-corrected chi connectivity index (χ4v) is 1.67. The summed E-state index contributed by atoms with van der Waals surface area (Å²) >= 11 is 0. The molecule has 0 radical (unpaired) electrons. The van der Waals surface area contributed by atoms with Crippen molar-refractivity contribution < 1.29 is 4.74 Å². The molecular weight excluding hydrogens is 186 g/mol. The first-order valence-corrected chi connectivity index (χ1v) is 5.77. The summed E-state index contributed by atoms with van der Waals surface area (Å²) < 4.78 is 5.64. The monoisotopic (exact) mass is 205 g/mol. The van der Waals surface area contributed by atoms with Crippen LogP contribution in [0.1, 0.15) is 25.3 Å². The van der Waals surface area contributed by atoms with Crippen molar-refractivity contribution in [2.45, 2.75) is 32.2 Å². The van der Waals surface area contributed by atoms with Crippen LogP contribution in [0.3, 0.4) is 0 Å². The third-order valence-electron chi connectivity index (χ3n) is 3.00. The Kier molecular flexibility index (Phi) is 3.27. The average Bonchev–Trinajstić information content (AvgIpc) is 3.10. The Labute approximate surface area is 91.4 Å². The zero-order valence-corrected chi connectivity index (χ0v) is 9.28. The highest BCUT2D eigenvalue weighted by Crippen LogP contribution is 2.31. The average molecular weight is 205 g/mol. The summed E-state index contributed by atoms with van der Waals surface area (Å²) in [5, 5.41) is 0. The van der Waals surface area contributed by atoms with Crippen molar-refractivity contribution in [1.29, 1.82) is 0 Å². The van der Waals surface area contributed by atoms with Gasteiger partial charge in [0.25, 0.3) is 0 Å². The molecule has 15 heavy (non-hydrogen) atoms. The fraction of sp³-hybridized carbons (Fsp3) is 0.538. The first kappa shape index (κ1) is 10.5. The van der Waals surface area contributed by atoms with Gasteiger partial charge in [0.2, 0.25) is 0 Å². The number of hydrogen-bond acceptors (Lipinski definition) is 2. The maximum absolute atomic E-state index is 5.96. The Balaban J connectivity index is 1.81. The van der Waals surface area contributed by atoms with Gasteiger partial charge in [0.1, 0.15) is 12.4 Å². The van der Waals surface area contributed by atoms with E-state index in [4.69, 9.17) is 10.5 Å². The van der Waals surface area contributed by atoms with E-state index < -0.39 is 0 Å². The Morgan fingerprint density at radius 3 is 2.53 bits per heavy atom. The lowest BCUT2D eigenvalue weighted by Crippen LogP contribution is -2.29. The van der Waals surface area contributed by atoms with Crippen LogP contribution in [0.2, 0.25) is 0 Å². The van der Waals surface area contributed by atoms with E-state index in [1.165, 1.54) is 18.4 Å². The third-order valence-corrected chi connectivity index (χ3v) is 3.00. The molecule has 0 aromatic heterocycles. The predicted molar refractivity (Wildman–Crippen MR) is 62.0 cm³/mol. The number of ether oxygens (including phenoxy) is 1. The van der Waals surface area contributed by atoms with Crippen molar-refractivity contribution in [3.05, 3.63) is 29.8 Å². The van der Waals surface area contributed by atoms with E-state index in [1.807, 2.05) is 12.1 Å². The van der Waals surface area contributed by atoms with Gasteiger partial charge in [0.15, 0.2) is 0 Å². The topological polar surface area (TPSA) is 35.2 Å². The van der Waals surface area contributed by atoms with Crippen molar-refractivity contribution in [3.8, 4) is 5.75 Å². The van der Waals surface area contributed by atoms with E-state index in [0.717, 1.165) is 12.2 Å². The van der Waals surface area contributed by atoms with E-state index in [-0.39, 0.29) is 6.04 Å². The molecule has 2 heteroatoms. The summed E-state index contributed by atoms with van der Waals surface area (Å²) in [5.41, 5.74) is 7.30. The minimum atomic E-state index is 0.218. The van der Waals surface area contributed by atoms with E-state index in [0.29, 0.717) is 12.5 Å². The maximum atomic E-state index is 5.96. The second-order valence-corrected chi connectivity index (χ2v) is 4.31. The number of rotatable bonds is 5. The molecule has 0 aliphatic heterocycles. The van der Waals surface area contributed by atoms with Crippen LogP contribution in [0.4, 0.5) is 0 Å². The molecule has 0 amide bonds. The molecule has 1 aromatic rings. The normalized spacial score (nSPS) is 17.5. The zero-order valence-electron chi connectivity index (χ0n) is 9.28. The summed E-state index contributed by atoms with van der Waals surface area (Å²) in [6.07, 6.45) is 3.63. The predicted octanol–water partition coefficient (Wildman–Crippen LogP) is 2.37. The van der Waals surface area contributed by atoms with Gasteiger partial charge >= 0.3 is 0 Å². The van der Waals surface area contributed by atoms with E-state index in [2.05, 4.69) is 19.1 Å². The highest BCUT2D eigenvalue weighted by atomic mass is 16.5. The molecule has 1 aliphatic carbocycles. The molecule has 0 unspecified atom stereocenters. The van der Waals surface area contributed by atoms with Gasteiger partial charge in [0, 0.05) is 6.04 Å². The largest absolute Gasteiger partial charge is 0.492 e. The van der Waals surface area contributed by atoms with Gasteiger partial charge in [-0.3, -0.25) is 0 Å². The molecule has 0 bridgehead atoms. The minimum Gasteiger partial charge on any atom is -0.492 e. The molecule has 1 saturated carbocycles. The van der Waals surface area contributed by atoms with Crippen molar-refractivity contribution in [1.82, 2.24) is 0 Å². The molecule has 1 atom stereocenters. The summed E-state index contributed by atoms with van der Waals surface area (Å²) in [5.74, 6) is 1.64. The number of benzene rings is 1. The van der Waals surface area contributed by atoms with Crippen molar-refractivity contribution >= 4 is 0 Å². The molecule has 0 heterocycles. The van der Waals surface area contributed by atoms with Crippen molar-refractivity contribution in [2.24, 2.45) is 11.7 Å². The van der Waals surface area contributed by atoms with Crippen LogP contribution in [0.15, 0.2) is 24.3 Å². The molecule has 0 spiro atoms. The Morgan fingerprint density at radius 1 is 1.33 bits per heavy atom. The van der Waals surface area contributed by atoms with Crippen molar-refractivity contribution in [2.75, 3.05) is 6.61 Å². The van der Waals surface area contributed by atoms with Crippen LogP contribution in [0.5, 0.6) is 5.75 Å². The second-order valence-electron chi connectivity index (χ2n) is 4.31. The molecule has 82 valence electrons. The van der Waals surface area contributed by atoms with Gasteiger partial charge < -0.3 is 10.5 Å². The summed E-state index contributed by atoms with van der Waals surface area (Å²) in [7, 11) is 0. The summed E-state index contributed by atoms with van der Waals surface area (Å²) in [6.45, 7) is 2.80. The molecule has 2 nitrogen and oxygen atoms in total. The van der Waals surface area contributed by atoms with Gasteiger partial charge in [-0.25, -0.2) is 0 Å². The number of hydrogen-bond donors (Lipinski definition) is 1. The lowest BCUT2D eigenvalue weighted by atomic mass is 10.2. The van der Waals surface area contributed by atoms with Crippen molar-refractivity contribution in [3.63, 3.8) is 0 Å². The minimum absolute atomic E-state index is 0.218. The van der Waals surface area contributed by atoms with Crippen LogP contribution in [0, 0.1) is 5.92 Å². The molecule has 2 rings (SSSR count). The quantitative estimate of drug-likeness (QED) is 0.801. The van der Waals surface area contributed by atoms with Crippen LogP contribution < -0.4 is 10.5 Å². The van der Waals surface area contributed by atoms with Gasteiger partial charge in [-0.15, -0.1) is 0 Å². The summed E-state index contributed by atoms with van der Waals surface area (Å²) in [4.78, 5) is 0. The van der Waals surface area contributed by atoms with Gasteiger partial charge in [-0.05, 0) is 42.9 Å². The van der Waals surface area contributed by atoms with Crippen LogP contribution in [-0.2, 0) is 6.42 Å². The summed E-state index contributed by atoms with van der Waals surface area (Å²) in [6, 6.07) is 8.49. The molecule has 0 saturated heterocycles. The highest BCUT2D eigenvalue weighted by molar-refractivity contribution is 5.27. The smallest absolute Gasteiger partial charge is 0.119 e. The SMILES string of the molecule is CCc1ccc(OC[C@@H](N)C2CC2)cc1. The van der Waals surface area contributed by atoms with E-state index in [9.17, 15) is 0 Å². The van der Waals surface area contributed by atoms with Crippen LogP contribution >= 0.6 is 0 Å². The molecule has 1 aliphatic rings. The molecular formula is C13H19NO. The fourth-order valence-electron chi connectivity index (χ4n) is 1.67. The van der Waals surface area contributed by atoms with Gasteiger partial charge in [-0.2, -0.15) is 0 Å². The van der Waals surface area contributed by atoms with E-state index >= 15 is 0 Å². The number of aryl methyl sites for hydroxylation is 1. The van der Waals surface area contributed by atoms with Crippen LogP contribution in [-0.4, -0.2) is 12.6 Å². The maximum Gasteiger partial charge on any atom is 0.119 e. The molecule has 2 N–H and O–H groups in total. The lowest BCUT2D eigenvalue weighted by Gasteiger charge is -2.12. The number of nitrogens with two attached hydrogens (primary N) is 1. The van der Waals surface area contributed by atoms with E-state index in [1.54, 1.807) is 0 Å². The Hall–Kier alpha value is -1.02.